The van der Waals surface area contributed by atoms with Crippen LogP contribution in [0.2, 0.25) is 0 Å². The third kappa shape index (κ3) is 2.03. The molecule has 0 saturated heterocycles. The fourth-order valence-electron chi connectivity index (χ4n) is 2.08. The first-order valence-corrected chi connectivity index (χ1v) is 6.90. The molecular formula is C13H12BrN5O. The monoisotopic (exact) mass is 333 g/mol. The van der Waals surface area contributed by atoms with Crippen LogP contribution in [-0.2, 0) is 6.54 Å². The number of hydrogen-bond donors (Lipinski definition) is 0. The van der Waals surface area contributed by atoms with Gasteiger partial charge < -0.3 is 0 Å². The molecule has 3 aromatic rings. The number of carbonyl (C=O) groups is 1. The minimum Gasteiger partial charge on any atom is -0.270 e. The van der Waals surface area contributed by atoms with Crippen molar-refractivity contribution in [3.63, 3.8) is 0 Å². The van der Waals surface area contributed by atoms with Crippen LogP contribution in [0.25, 0.3) is 11.0 Å². The minimum atomic E-state index is -0.170. The lowest BCUT2D eigenvalue weighted by Gasteiger charge is -2.04. The predicted octanol–water partition coefficient (Wildman–Crippen LogP) is 2.35. The van der Waals surface area contributed by atoms with E-state index in [1.165, 1.54) is 4.68 Å². The van der Waals surface area contributed by atoms with E-state index in [0.717, 1.165) is 15.9 Å². The van der Waals surface area contributed by atoms with E-state index in [0.29, 0.717) is 11.0 Å². The average molecular weight is 334 g/mol. The number of halogens is 1. The van der Waals surface area contributed by atoms with Crippen LogP contribution in [0.3, 0.4) is 0 Å². The van der Waals surface area contributed by atoms with Gasteiger partial charge in [-0.15, -0.1) is 5.10 Å². The van der Waals surface area contributed by atoms with E-state index in [1.54, 1.807) is 4.68 Å². The maximum Gasteiger partial charge on any atom is 0.270 e. The molecule has 0 aliphatic heterocycles. The van der Waals surface area contributed by atoms with Gasteiger partial charge >= 0.3 is 0 Å². The van der Waals surface area contributed by atoms with Gasteiger partial charge in [0.25, 0.3) is 5.91 Å². The highest BCUT2D eigenvalue weighted by molar-refractivity contribution is 9.10. The van der Waals surface area contributed by atoms with Crippen molar-refractivity contribution < 1.29 is 4.79 Å². The molecule has 0 N–H and O–H groups in total. The average Bonchev–Trinajstić information content (AvgIpc) is 2.97. The maximum atomic E-state index is 12.3. The summed E-state index contributed by atoms with van der Waals surface area (Å²) in [7, 11) is 0. The number of aromatic nitrogens is 5. The van der Waals surface area contributed by atoms with Crippen LogP contribution in [0.1, 0.15) is 16.2 Å². The van der Waals surface area contributed by atoms with Crippen molar-refractivity contribution in [2.45, 2.75) is 20.4 Å². The van der Waals surface area contributed by atoms with Gasteiger partial charge in [-0.1, -0.05) is 17.3 Å². The van der Waals surface area contributed by atoms with Gasteiger partial charge in [-0.05, 0) is 41.9 Å². The molecule has 0 spiro atoms. The highest BCUT2D eigenvalue weighted by Gasteiger charge is 2.15. The lowest BCUT2D eigenvalue weighted by Crippen LogP contribution is -2.20. The number of rotatable bonds is 2. The lowest BCUT2D eigenvalue weighted by molar-refractivity contribution is 0.0872. The Morgan fingerprint density at radius 3 is 2.75 bits per heavy atom. The summed E-state index contributed by atoms with van der Waals surface area (Å²) in [6, 6.07) is 7.37. The molecule has 2 heterocycles. The van der Waals surface area contributed by atoms with Gasteiger partial charge in [-0.3, -0.25) is 9.48 Å². The molecule has 3 rings (SSSR count). The first kappa shape index (κ1) is 13.0. The third-order valence-corrected chi connectivity index (χ3v) is 4.31. The van der Waals surface area contributed by atoms with E-state index in [2.05, 4.69) is 31.3 Å². The Labute approximate surface area is 123 Å². The smallest absolute Gasteiger partial charge is 0.270 e. The highest BCUT2D eigenvalue weighted by atomic mass is 79.9. The van der Waals surface area contributed by atoms with E-state index in [9.17, 15) is 4.79 Å². The Morgan fingerprint density at radius 1 is 1.30 bits per heavy atom. The Morgan fingerprint density at radius 2 is 2.05 bits per heavy atom. The third-order valence-electron chi connectivity index (χ3n) is 3.17. The summed E-state index contributed by atoms with van der Waals surface area (Å²) in [5.41, 5.74) is 3.19. The van der Waals surface area contributed by atoms with Gasteiger partial charge in [0, 0.05) is 0 Å². The number of benzene rings is 1. The van der Waals surface area contributed by atoms with Gasteiger partial charge in [0.1, 0.15) is 12.1 Å². The number of aryl methyl sites for hydroxylation is 1. The van der Waals surface area contributed by atoms with Crippen molar-refractivity contribution in [2.75, 3.05) is 0 Å². The molecule has 0 unspecified atom stereocenters. The van der Waals surface area contributed by atoms with Gasteiger partial charge in [0.15, 0.2) is 0 Å². The summed E-state index contributed by atoms with van der Waals surface area (Å²) < 4.78 is 3.91. The lowest BCUT2D eigenvalue weighted by atomic mass is 10.3. The van der Waals surface area contributed by atoms with E-state index in [4.69, 9.17) is 0 Å². The Bertz CT molecular complexity index is 804. The zero-order valence-corrected chi connectivity index (χ0v) is 12.6. The minimum absolute atomic E-state index is 0.131. The van der Waals surface area contributed by atoms with Crippen molar-refractivity contribution in [2.24, 2.45) is 0 Å². The molecule has 0 radical (unpaired) electrons. The number of hydrogen-bond acceptors (Lipinski definition) is 4. The Kier molecular flexibility index (Phi) is 3.13. The van der Waals surface area contributed by atoms with Crippen LogP contribution in [0.4, 0.5) is 0 Å². The largest absolute Gasteiger partial charge is 0.270 e. The second-order valence-corrected chi connectivity index (χ2v) is 5.32. The summed E-state index contributed by atoms with van der Waals surface area (Å²) in [6.45, 7) is 3.94. The van der Waals surface area contributed by atoms with Crippen molar-refractivity contribution in [1.82, 2.24) is 24.8 Å². The van der Waals surface area contributed by atoms with E-state index < -0.39 is 0 Å². The predicted molar refractivity (Wildman–Crippen MR) is 77.6 cm³/mol. The first-order chi connectivity index (χ1) is 9.58. The standard InChI is InChI=1S/C13H12BrN5O/c1-8-13(14)9(2)18(16-8)7-12(20)19-11-6-4-3-5-10(11)15-17-19/h3-6H,7H2,1-2H3. The van der Waals surface area contributed by atoms with E-state index in [1.807, 2.05) is 38.1 Å². The molecule has 0 bridgehead atoms. The van der Waals surface area contributed by atoms with Gasteiger partial charge in [-0.2, -0.15) is 9.78 Å². The number of fused-ring (bicyclic) bond motifs is 1. The second-order valence-electron chi connectivity index (χ2n) is 4.53. The van der Waals surface area contributed by atoms with Crippen LogP contribution in [0.15, 0.2) is 28.7 Å². The molecule has 1 aromatic carbocycles. The summed E-state index contributed by atoms with van der Waals surface area (Å²) in [4.78, 5) is 12.3. The van der Waals surface area contributed by atoms with Crippen molar-refractivity contribution in [3.05, 3.63) is 40.1 Å². The maximum absolute atomic E-state index is 12.3. The number of para-hydroxylation sites is 1. The van der Waals surface area contributed by atoms with Crippen molar-refractivity contribution in [1.29, 1.82) is 0 Å². The van der Waals surface area contributed by atoms with E-state index >= 15 is 0 Å². The van der Waals surface area contributed by atoms with Crippen molar-refractivity contribution in [3.8, 4) is 0 Å². The van der Waals surface area contributed by atoms with Crippen LogP contribution < -0.4 is 0 Å². The number of nitrogens with zero attached hydrogens (tertiary/aromatic N) is 5. The second kappa shape index (κ2) is 4.82. The zero-order chi connectivity index (χ0) is 14.3. The highest BCUT2D eigenvalue weighted by Crippen LogP contribution is 2.20. The zero-order valence-electron chi connectivity index (χ0n) is 11.0. The topological polar surface area (TPSA) is 65.6 Å². The summed E-state index contributed by atoms with van der Waals surface area (Å²) in [5, 5.41) is 12.2. The molecule has 2 aromatic heterocycles. The van der Waals surface area contributed by atoms with Crippen LogP contribution in [-0.4, -0.2) is 30.7 Å². The molecule has 0 fully saturated rings. The summed E-state index contributed by atoms with van der Waals surface area (Å²) in [5.74, 6) is -0.170. The Balaban J connectivity index is 1.95. The molecule has 6 nitrogen and oxygen atoms in total. The summed E-state index contributed by atoms with van der Waals surface area (Å²) in [6.07, 6.45) is 0. The fraction of sp³-hybridized carbons (Fsp3) is 0.231. The Hall–Kier alpha value is -2.02. The van der Waals surface area contributed by atoms with Gasteiger partial charge in [0.05, 0.1) is 21.4 Å². The SMILES string of the molecule is Cc1nn(CC(=O)n2nnc3ccccc32)c(C)c1Br. The van der Waals surface area contributed by atoms with Crippen LogP contribution in [0, 0.1) is 13.8 Å². The van der Waals surface area contributed by atoms with Gasteiger partial charge in [0.2, 0.25) is 0 Å². The van der Waals surface area contributed by atoms with Crippen LogP contribution in [0.5, 0.6) is 0 Å². The molecule has 0 amide bonds. The molecule has 20 heavy (non-hydrogen) atoms. The molecule has 7 heteroatoms. The van der Waals surface area contributed by atoms with Crippen molar-refractivity contribution >= 4 is 32.9 Å². The quantitative estimate of drug-likeness (QED) is 0.722. The number of carbonyl (C=O) groups excluding carboxylic acids is 1. The fourth-order valence-corrected chi connectivity index (χ4v) is 2.36. The van der Waals surface area contributed by atoms with Crippen LogP contribution >= 0.6 is 15.9 Å². The van der Waals surface area contributed by atoms with Gasteiger partial charge in [-0.25, -0.2) is 0 Å². The normalized spacial score (nSPS) is 11.2. The molecule has 102 valence electrons. The molecule has 0 aliphatic carbocycles. The summed E-state index contributed by atoms with van der Waals surface area (Å²) >= 11 is 3.45. The molecular weight excluding hydrogens is 322 g/mol. The molecule has 0 aliphatic rings. The first-order valence-electron chi connectivity index (χ1n) is 6.11. The van der Waals surface area contributed by atoms with E-state index in [-0.39, 0.29) is 12.5 Å². The molecule has 0 saturated carbocycles. The molecule has 0 atom stereocenters.